The van der Waals surface area contributed by atoms with Crippen LogP contribution in [0.25, 0.3) is 17.0 Å². The molecule has 0 radical (unpaired) electrons. The predicted molar refractivity (Wildman–Crippen MR) is 116 cm³/mol. The fourth-order valence-corrected chi connectivity index (χ4v) is 2.84. The zero-order valence-electron chi connectivity index (χ0n) is 17.6. The molecule has 0 bridgehead atoms. The number of hydrogen-bond donors (Lipinski definition) is 2. The molecule has 1 heterocycles. The quantitative estimate of drug-likeness (QED) is 0.187. The van der Waals surface area contributed by atoms with E-state index in [-0.39, 0.29) is 25.5 Å². The molecule has 31 heavy (non-hydrogen) atoms. The van der Waals surface area contributed by atoms with Crippen LogP contribution in [-0.2, 0) is 11.4 Å². The second kappa shape index (κ2) is 11.7. The standard InChI is InChI=1S/C23H22ClNO5.Li/c1-15(2)9-11-29-23-21-18(10-12-28-21)13-17(5-8-20(26)25-27)22(23)30-14-16-3-6-19(24)7-4-16;/h3-10,12-13,27H,11,14H2,1-2H3,(H,25,26);/q;+1/b8-5+;. The van der Waals surface area contributed by atoms with Gasteiger partial charge in [0.2, 0.25) is 5.75 Å². The summed E-state index contributed by atoms with van der Waals surface area (Å²) in [4.78, 5) is 11.5. The number of rotatable bonds is 8. The van der Waals surface area contributed by atoms with Crippen molar-refractivity contribution in [1.29, 1.82) is 0 Å². The zero-order chi connectivity index (χ0) is 21.5. The van der Waals surface area contributed by atoms with Crippen molar-refractivity contribution in [3.63, 3.8) is 0 Å². The molecule has 0 saturated carbocycles. The van der Waals surface area contributed by atoms with Crippen LogP contribution in [0.15, 0.2) is 64.8 Å². The van der Waals surface area contributed by atoms with Crippen molar-refractivity contribution in [2.24, 2.45) is 0 Å². The largest absolute Gasteiger partial charge is 1.00 e. The van der Waals surface area contributed by atoms with Gasteiger partial charge in [-0.25, -0.2) is 5.48 Å². The molecule has 0 unspecified atom stereocenters. The number of furan rings is 1. The number of ether oxygens (including phenoxy) is 2. The smallest absolute Gasteiger partial charge is 0.484 e. The molecule has 0 aliphatic heterocycles. The number of nitrogens with one attached hydrogen (secondary N) is 1. The molecule has 0 atom stereocenters. The van der Waals surface area contributed by atoms with Gasteiger partial charge in [-0.1, -0.05) is 29.3 Å². The average Bonchev–Trinajstić information content (AvgIpc) is 3.20. The maximum absolute atomic E-state index is 11.5. The van der Waals surface area contributed by atoms with Gasteiger partial charge in [-0.2, -0.15) is 0 Å². The summed E-state index contributed by atoms with van der Waals surface area (Å²) in [7, 11) is 0. The van der Waals surface area contributed by atoms with Crippen LogP contribution in [0.5, 0.6) is 11.5 Å². The third-order valence-corrected chi connectivity index (χ3v) is 4.47. The van der Waals surface area contributed by atoms with E-state index in [1.54, 1.807) is 36.0 Å². The monoisotopic (exact) mass is 434 g/mol. The molecule has 156 valence electrons. The van der Waals surface area contributed by atoms with E-state index in [1.807, 2.05) is 38.1 Å². The molecule has 8 heteroatoms. The van der Waals surface area contributed by atoms with Crippen molar-refractivity contribution in [2.45, 2.75) is 20.5 Å². The first-order chi connectivity index (χ1) is 14.5. The van der Waals surface area contributed by atoms with Gasteiger partial charge in [-0.15, -0.1) is 0 Å². The van der Waals surface area contributed by atoms with Gasteiger partial charge in [-0.3, -0.25) is 10.0 Å². The van der Waals surface area contributed by atoms with Crippen LogP contribution < -0.4 is 33.8 Å². The van der Waals surface area contributed by atoms with Gasteiger partial charge in [-0.05, 0) is 55.8 Å². The van der Waals surface area contributed by atoms with Crippen LogP contribution in [0.1, 0.15) is 25.0 Å². The molecule has 0 aliphatic rings. The van der Waals surface area contributed by atoms with Crippen molar-refractivity contribution >= 4 is 34.6 Å². The molecule has 0 saturated heterocycles. The van der Waals surface area contributed by atoms with Gasteiger partial charge in [0.25, 0.3) is 5.91 Å². The van der Waals surface area contributed by atoms with Gasteiger partial charge in [0, 0.05) is 22.0 Å². The summed E-state index contributed by atoms with van der Waals surface area (Å²) in [6.07, 6.45) is 6.26. The molecule has 0 fully saturated rings. The summed E-state index contributed by atoms with van der Waals surface area (Å²) in [5.41, 5.74) is 4.76. The Hall–Kier alpha value is -2.62. The Bertz CT molecular complexity index is 1090. The minimum absolute atomic E-state index is 0. The third kappa shape index (κ3) is 6.68. The van der Waals surface area contributed by atoms with E-state index in [0.717, 1.165) is 16.5 Å². The van der Waals surface area contributed by atoms with Crippen LogP contribution in [-0.4, -0.2) is 17.7 Å². The van der Waals surface area contributed by atoms with E-state index in [1.165, 1.54) is 6.08 Å². The van der Waals surface area contributed by atoms with E-state index >= 15 is 0 Å². The molecular weight excluding hydrogens is 413 g/mol. The minimum atomic E-state index is -0.655. The zero-order valence-corrected chi connectivity index (χ0v) is 18.4. The number of fused-ring (bicyclic) bond motifs is 1. The SMILES string of the molecule is CC(C)=CCOc1c(OCc2ccc(Cl)cc2)c(/C=C/C(=O)NO)cc2ccoc12.[Li+]. The molecule has 1 amide bonds. The molecule has 2 N–H and O–H groups in total. The number of benzene rings is 2. The number of carbonyl (C=O) groups excluding carboxylic acids is 1. The normalized spacial score (nSPS) is 10.6. The first-order valence-electron chi connectivity index (χ1n) is 9.27. The maximum Gasteiger partial charge on any atom is 1.00 e. The topological polar surface area (TPSA) is 80.9 Å². The number of amides is 1. The Balaban J connectivity index is 0.00000341. The van der Waals surface area contributed by atoms with Crippen molar-refractivity contribution < 1.29 is 42.8 Å². The third-order valence-electron chi connectivity index (χ3n) is 4.22. The first-order valence-corrected chi connectivity index (χ1v) is 9.65. The first kappa shape index (κ1) is 24.6. The van der Waals surface area contributed by atoms with E-state index in [0.29, 0.717) is 34.3 Å². The van der Waals surface area contributed by atoms with E-state index < -0.39 is 5.91 Å². The number of halogens is 1. The van der Waals surface area contributed by atoms with Crippen molar-refractivity contribution in [2.75, 3.05) is 6.61 Å². The number of carbonyl (C=O) groups is 1. The molecule has 3 rings (SSSR count). The van der Waals surface area contributed by atoms with Crippen LogP contribution in [0.3, 0.4) is 0 Å². The van der Waals surface area contributed by atoms with Crippen LogP contribution >= 0.6 is 11.6 Å². The molecular formula is C23H22ClLiNO5+. The molecule has 2 aromatic carbocycles. The molecule has 3 aromatic rings. The molecule has 6 nitrogen and oxygen atoms in total. The van der Waals surface area contributed by atoms with Gasteiger partial charge >= 0.3 is 18.9 Å². The molecule has 0 spiro atoms. The van der Waals surface area contributed by atoms with E-state index in [9.17, 15) is 4.79 Å². The second-order valence-corrected chi connectivity index (χ2v) is 7.22. The van der Waals surface area contributed by atoms with Crippen LogP contribution in [0, 0.1) is 0 Å². The fraction of sp³-hybridized carbons (Fsp3) is 0.174. The Labute approximate surface area is 197 Å². The van der Waals surface area contributed by atoms with Gasteiger partial charge in [0.1, 0.15) is 13.2 Å². The van der Waals surface area contributed by atoms with Crippen molar-refractivity contribution in [3.8, 4) is 11.5 Å². The Morgan fingerprint density at radius 1 is 1.16 bits per heavy atom. The predicted octanol–water partition coefficient (Wildman–Crippen LogP) is 2.53. The summed E-state index contributed by atoms with van der Waals surface area (Å²) >= 11 is 5.95. The van der Waals surface area contributed by atoms with E-state index in [4.69, 9.17) is 30.7 Å². The van der Waals surface area contributed by atoms with Crippen molar-refractivity contribution in [3.05, 3.63) is 76.5 Å². The van der Waals surface area contributed by atoms with Crippen molar-refractivity contribution in [1.82, 2.24) is 5.48 Å². The second-order valence-electron chi connectivity index (χ2n) is 6.78. The summed E-state index contributed by atoms with van der Waals surface area (Å²) in [5.74, 6) is 0.211. The summed E-state index contributed by atoms with van der Waals surface area (Å²) in [6.45, 7) is 4.56. The summed E-state index contributed by atoms with van der Waals surface area (Å²) in [6, 6.07) is 10.9. The Kier molecular flexibility index (Phi) is 9.29. The van der Waals surface area contributed by atoms with E-state index in [2.05, 4.69) is 0 Å². The summed E-state index contributed by atoms with van der Waals surface area (Å²) < 4.78 is 17.7. The summed E-state index contributed by atoms with van der Waals surface area (Å²) in [5, 5.41) is 10.2. The Morgan fingerprint density at radius 2 is 1.90 bits per heavy atom. The minimum Gasteiger partial charge on any atom is -0.484 e. The maximum atomic E-state index is 11.5. The fourth-order valence-electron chi connectivity index (χ4n) is 2.72. The number of hydrogen-bond acceptors (Lipinski definition) is 5. The van der Waals surface area contributed by atoms with Gasteiger partial charge in [0.15, 0.2) is 11.3 Å². The van der Waals surface area contributed by atoms with Gasteiger partial charge < -0.3 is 13.9 Å². The Morgan fingerprint density at radius 3 is 2.58 bits per heavy atom. The molecule has 1 aromatic heterocycles. The number of allylic oxidation sites excluding steroid dienone is 1. The van der Waals surface area contributed by atoms with Crippen LogP contribution in [0.4, 0.5) is 0 Å². The average molecular weight is 435 g/mol. The van der Waals surface area contributed by atoms with Gasteiger partial charge in [0.05, 0.1) is 6.26 Å². The molecule has 0 aliphatic carbocycles. The number of hydroxylamine groups is 1. The van der Waals surface area contributed by atoms with Crippen LogP contribution in [0.2, 0.25) is 5.02 Å².